The van der Waals surface area contributed by atoms with E-state index in [1.807, 2.05) is 0 Å². The lowest BCUT2D eigenvalue weighted by atomic mass is 9.92. The van der Waals surface area contributed by atoms with Gasteiger partial charge in [-0.25, -0.2) is 9.18 Å². The number of halogens is 1. The number of hydrogen-bond donors (Lipinski definition) is 1. The molecular formula is C11H21FN2O2. The molecule has 16 heavy (non-hydrogen) atoms. The summed E-state index contributed by atoms with van der Waals surface area (Å²) in [5.41, 5.74) is 3.56. The van der Waals surface area contributed by atoms with Crippen molar-refractivity contribution < 1.29 is 13.9 Å². The van der Waals surface area contributed by atoms with Gasteiger partial charge in [0.2, 0.25) is 0 Å². The number of hydrogen-bond acceptors (Lipinski definition) is 3. The summed E-state index contributed by atoms with van der Waals surface area (Å²) in [7, 11) is 0. The van der Waals surface area contributed by atoms with Gasteiger partial charge >= 0.3 is 6.09 Å². The first-order valence-electron chi connectivity index (χ1n) is 5.54. The van der Waals surface area contributed by atoms with E-state index >= 15 is 0 Å². The van der Waals surface area contributed by atoms with Crippen molar-refractivity contribution in [1.29, 1.82) is 0 Å². The molecular weight excluding hydrogens is 211 g/mol. The molecule has 0 saturated carbocycles. The van der Waals surface area contributed by atoms with Gasteiger partial charge in [0.05, 0.1) is 6.54 Å². The predicted octanol–water partition coefficient (Wildman–Crippen LogP) is 1.68. The number of nitrogens with two attached hydrogens (primary N) is 1. The van der Waals surface area contributed by atoms with Crippen LogP contribution < -0.4 is 5.73 Å². The molecule has 94 valence electrons. The molecule has 4 nitrogen and oxygen atoms in total. The van der Waals surface area contributed by atoms with Gasteiger partial charge in [-0.2, -0.15) is 0 Å². The number of amides is 1. The Morgan fingerprint density at radius 3 is 2.56 bits per heavy atom. The second-order valence-corrected chi connectivity index (χ2v) is 5.58. The highest BCUT2D eigenvalue weighted by molar-refractivity contribution is 5.68. The SMILES string of the molecule is CC(C)(C)OC(=O)N1CCC(N)C(C)(F)C1. The van der Waals surface area contributed by atoms with Crippen LogP contribution in [0.2, 0.25) is 0 Å². The molecule has 5 heteroatoms. The number of carbonyl (C=O) groups excluding carboxylic acids is 1. The van der Waals surface area contributed by atoms with Gasteiger partial charge in [0.1, 0.15) is 11.3 Å². The van der Waals surface area contributed by atoms with Gasteiger partial charge in [0.25, 0.3) is 0 Å². The van der Waals surface area contributed by atoms with E-state index in [-0.39, 0.29) is 6.54 Å². The lowest BCUT2D eigenvalue weighted by molar-refractivity contribution is -0.00670. The molecule has 1 fully saturated rings. The summed E-state index contributed by atoms with van der Waals surface area (Å²) in [6.45, 7) is 7.24. The van der Waals surface area contributed by atoms with Crippen LogP contribution in [0.5, 0.6) is 0 Å². The van der Waals surface area contributed by atoms with Crippen molar-refractivity contribution in [2.75, 3.05) is 13.1 Å². The monoisotopic (exact) mass is 232 g/mol. The third kappa shape index (κ3) is 3.33. The van der Waals surface area contributed by atoms with Crippen LogP contribution >= 0.6 is 0 Å². The Morgan fingerprint density at radius 1 is 1.56 bits per heavy atom. The molecule has 0 aliphatic carbocycles. The van der Waals surface area contributed by atoms with Crippen LogP contribution in [0, 0.1) is 0 Å². The minimum Gasteiger partial charge on any atom is -0.444 e. The fourth-order valence-corrected chi connectivity index (χ4v) is 1.65. The molecule has 0 bridgehead atoms. The van der Waals surface area contributed by atoms with Gasteiger partial charge in [-0.1, -0.05) is 0 Å². The van der Waals surface area contributed by atoms with Crippen LogP contribution in [0.3, 0.4) is 0 Å². The van der Waals surface area contributed by atoms with Gasteiger partial charge < -0.3 is 15.4 Å². The molecule has 1 heterocycles. The molecule has 0 radical (unpaired) electrons. The summed E-state index contributed by atoms with van der Waals surface area (Å²) in [4.78, 5) is 13.1. The smallest absolute Gasteiger partial charge is 0.410 e. The van der Waals surface area contributed by atoms with Crippen molar-refractivity contribution in [3.63, 3.8) is 0 Å². The molecule has 1 saturated heterocycles. The van der Waals surface area contributed by atoms with Crippen molar-refractivity contribution in [1.82, 2.24) is 4.90 Å². The number of rotatable bonds is 0. The average molecular weight is 232 g/mol. The van der Waals surface area contributed by atoms with E-state index in [2.05, 4.69) is 0 Å². The largest absolute Gasteiger partial charge is 0.444 e. The zero-order chi connectivity index (χ0) is 12.6. The Bertz CT molecular complexity index is 274. The Morgan fingerprint density at radius 2 is 2.12 bits per heavy atom. The van der Waals surface area contributed by atoms with Gasteiger partial charge in [-0.15, -0.1) is 0 Å². The lowest BCUT2D eigenvalue weighted by Crippen LogP contribution is -2.57. The van der Waals surface area contributed by atoms with E-state index < -0.39 is 23.4 Å². The molecule has 0 aromatic rings. The van der Waals surface area contributed by atoms with Crippen molar-refractivity contribution in [2.45, 2.75) is 51.4 Å². The van der Waals surface area contributed by atoms with Gasteiger partial charge in [-0.05, 0) is 34.1 Å². The van der Waals surface area contributed by atoms with Crippen LogP contribution in [0.25, 0.3) is 0 Å². The molecule has 2 unspecified atom stereocenters. The van der Waals surface area contributed by atoms with E-state index in [0.717, 1.165) is 0 Å². The van der Waals surface area contributed by atoms with Crippen molar-refractivity contribution >= 4 is 6.09 Å². The molecule has 0 aromatic carbocycles. The van der Waals surface area contributed by atoms with E-state index in [0.29, 0.717) is 13.0 Å². The average Bonchev–Trinajstić information content (AvgIpc) is 2.06. The Balaban J connectivity index is 2.60. The predicted molar refractivity (Wildman–Crippen MR) is 59.9 cm³/mol. The lowest BCUT2D eigenvalue weighted by Gasteiger charge is -2.39. The summed E-state index contributed by atoms with van der Waals surface area (Å²) in [5, 5.41) is 0. The summed E-state index contributed by atoms with van der Waals surface area (Å²) in [6.07, 6.45) is -0.00466. The number of carbonyl (C=O) groups is 1. The highest BCUT2D eigenvalue weighted by atomic mass is 19.1. The van der Waals surface area contributed by atoms with E-state index in [4.69, 9.17) is 10.5 Å². The first kappa shape index (κ1) is 13.2. The summed E-state index contributed by atoms with van der Waals surface area (Å²) >= 11 is 0. The maximum Gasteiger partial charge on any atom is 0.410 e. The number of piperidine rings is 1. The van der Waals surface area contributed by atoms with E-state index in [1.165, 1.54) is 11.8 Å². The van der Waals surface area contributed by atoms with Crippen molar-refractivity contribution in [3.8, 4) is 0 Å². The van der Waals surface area contributed by atoms with Crippen LogP contribution in [0.15, 0.2) is 0 Å². The maximum absolute atomic E-state index is 13.9. The fraction of sp³-hybridized carbons (Fsp3) is 0.909. The summed E-state index contributed by atoms with van der Waals surface area (Å²) in [6, 6.07) is -0.508. The topological polar surface area (TPSA) is 55.6 Å². The first-order chi connectivity index (χ1) is 7.12. The number of likely N-dealkylation sites (tertiary alicyclic amines) is 1. The minimum absolute atomic E-state index is 0.00306. The summed E-state index contributed by atoms with van der Waals surface area (Å²) < 4.78 is 19.1. The number of nitrogens with zero attached hydrogens (tertiary/aromatic N) is 1. The van der Waals surface area contributed by atoms with E-state index in [9.17, 15) is 9.18 Å². The third-order valence-electron chi connectivity index (χ3n) is 2.63. The zero-order valence-corrected chi connectivity index (χ0v) is 10.4. The molecule has 1 amide bonds. The first-order valence-corrected chi connectivity index (χ1v) is 5.54. The molecule has 1 aliphatic heterocycles. The van der Waals surface area contributed by atoms with Gasteiger partial charge in [0, 0.05) is 12.6 Å². The molecule has 0 spiro atoms. The highest BCUT2D eigenvalue weighted by Crippen LogP contribution is 2.25. The zero-order valence-electron chi connectivity index (χ0n) is 10.4. The Hall–Kier alpha value is -0.840. The maximum atomic E-state index is 13.9. The standard InChI is InChI=1S/C11H21FN2O2/c1-10(2,3)16-9(15)14-6-5-8(13)11(4,12)7-14/h8H,5-7,13H2,1-4H3. The Labute approximate surface area is 95.9 Å². The third-order valence-corrected chi connectivity index (χ3v) is 2.63. The summed E-state index contributed by atoms with van der Waals surface area (Å²) in [5.74, 6) is 0. The molecule has 1 rings (SSSR count). The second kappa shape index (κ2) is 4.20. The van der Waals surface area contributed by atoms with E-state index in [1.54, 1.807) is 20.8 Å². The van der Waals surface area contributed by atoms with Gasteiger partial charge in [0.15, 0.2) is 0 Å². The quantitative estimate of drug-likeness (QED) is 0.691. The van der Waals surface area contributed by atoms with Crippen LogP contribution in [-0.2, 0) is 4.74 Å². The van der Waals surface area contributed by atoms with Gasteiger partial charge in [-0.3, -0.25) is 0 Å². The fourth-order valence-electron chi connectivity index (χ4n) is 1.65. The molecule has 1 aliphatic rings. The Kier molecular flexibility index (Phi) is 3.47. The minimum atomic E-state index is -1.53. The van der Waals surface area contributed by atoms with Crippen molar-refractivity contribution in [2.24, 2.45) is 5.73 Å². The molecule has 2 N–H and O–H groups in total. The molecule has 2 atom stereocenters. The van der Waals surface area contributed by atoms with Crippen LogP contribution in [-0.4, -0.2) is 41.4 Å². The van der Waals surface area contributed by atoms with Crippen molar-refractivity contribution in [3.05, 3.63) is 0 Å². The number of alkyl halides is 1. The number of ether oxygens (including phenoxy) is 1. The van der Waals surface area contributed by atoms with Crippen LogP contribution in [0.1, 0.15) is 34.1 Å². The molecule has 0 aromatic heterocycles. The van der Waals surface area contributed by atoms with Crippen LogP contribution in [0.4, 0.5) is 9.18 Å². The second-order valence-electron chi connectivity index (χ2n) is 5.58. The highest BCUT2D eigenvalue weighted by Gasteiger charge is 2.40. The normalized spacial score (nSPS) is 31.4.